The molecule has 0 spiro atoms. The molecule has 0 saturated heterocycles. The van der Waals surface area contributed by atoms with Gasteiger partial charge in [-0.3, -0.25) is 4.79 Å². The van der Waals surface area contributed by atoms with Crippen LogP contribution in [0.15, 0.2) is 21.5 Å². The molecule has 0 atom stereocenters. The number of hydrogen-bond donors (Lipinski definition) is 1. The maximum atomic E-state index is 13.3. The first-order valence-corrected chi connectivity index (χ1v) is 8.37. The number of anilines is 1. The van der Waals surface area contributed by atoms with Crippen LogP contribution in [0.2, 0.25) is 0 Å². The van der Waals surface area contributed by atoms with E-state index in [-0.39, 0.29) is 28.2 Å². The van der Waals surface area contributed by atoms with Crippen LogP contribution in [-0.2, 0) is 19.6 Å². The SMILES string of the molecule is CCOC(=O)CN(CC)S(=O)(=O)c1cc(N)c(F)cc1Br. The molecule has 1 aromatic carbocycles. The Bertz CT molecular complexity index is 636. The summed E-state index contributed by atoms with van der Waals surface area (Å²) in [6, 6.07) is 1.99. The van der Waals surface area contributed by atoms with Gasteiger partial charge in [0.25, 0.3) is 0 Å². The summed E-state index contributed by atoms with van der Waals surface area (Å²) < 4.78 is 44.0. The van der Waals surface area contributed by atoms with E-state index in [0.29, 0.717) is 0 Å². The normalized spacial score (nSPS) is 11.7. The molecular formula is C12H16BrFN2O4S. The lowest BCUT2D eigenvalue weighted by molar-refractivity contribution is -0.143. The molecule has 0 aliphatic heterocycles. The number of nitrogens with zero attached hydrogens (tertiary/aromatic N) is 1. The summed E-state index contributed by atoms with van der Waals surface area (Å²) in [4.78, 5) is 11.3. The van der Waals surface area contributed by atoms with Gasteiger partial charge in [-0.15, -0.1) is 0 Å². The third kappa shape index (κ3) is 4.14. The zero-order valence-electron chi connectivity index (χ0n) is 11.6. The van der Waals surface area contributed by atoms with Crippen LogP contribution in [-0.4, -0.2) is 38.4 Å². The smallest absolute Gasteiger partial charge is 0.321 e. The minimum absolute atomic E-state index is 0.0384. The van der Waals surface area contributed by atoms with Crippen LogP contribution >= 0.6 is 15.9 Å². The van der Waals surface area contributed by atoms with E-state index in [1.807, 2.05) is 0 Å². The van der Waals surface area contributed by atoms with Crippen LogP contribution in [0.4, 0.5) is 10.1 Å². The van der Waals surface area contributed by atoms with Crippen LogP contribution in [0.3, 0.4) is 0 Å². The lowest BCUT2D eigenvalue weighted by Crippen LogP contribution is -2.36. The number of nitrogen functional groups attached to an aromatic ring is 1. The summed E-state index contributed by atoms with van der Waals surface area (Å²) in [7, 11) is -4.00. The van der Waals surface area contributed by atoms with Gasteiger partial charge in [0.15, 0.2) is 0 Å². The van der Waals surface area contributed by atoms with Crippen molar-refractivity contribution in [2.75, 3.05) is 25.4 Å². The topological polar surface area (TPSA) is 89.7 Å². The maximum Gasteiger partial charge on any atom is 0.321 e. The molecule has 6 nitrogen and oxygen atoms in total. The van der Waals surface area contributed by atoms with E-state index in [9.17, 15) is 17.6 Å². The lowest BCUT2D eigenvalue weighted by Gasteiger charge is -2.20. The van der Waals surface area contributed by atoms with Crippen molar-refractivity contribution in [2.24, 2.45) is 0 Å². The second kappa shape index (κ2) is 7.19. The second-order valence-corrected chi connectivity index (χ2v) is 6.80. The first-order chi connectivity index (χ1) is 9.73. The Kier molecular flexibility index (Phi) is 6.11. The van der Waals surface area contributed by atoms with Gasteiger partial charge in [-0.05, 0) is 35.0 Å². The van der Waals surface area contributed by atoms with Gasteiger partial charge in [-0.1, -0.05) is 6.92 Å². The van der Waals surface area contributed by atoms with Crippen molar-refractivity contribution in [3.8, 4) is 0 Å². The van der Waals surface area contributed by atoms with E-state index in [2.05, 4.69) is 15.9 Å². The molecule has 0 heterocycles. The minimum Gasteiger partial charge on any atom is -0.465 e. The summed E-state index contributed by atoms with van der Waals surface area (Å²) in [5.41, 5.74) is 5.12. The molecule has 0 aliphatic rings. The van der Waals surface area contributed by atoms with Crippen molar-refractivity contribution < 1.29 is 22.3 Å². The number of carbonyl (C=O) groups is 1. The average molecular weight is 383 g/mol. The monoisotopic (exact) mass is 382 g/mol. The standard InChI is InChI=1S/C12H16BrFN2O4S/c1-3-16(7-12(17)20-4-2)21(18,19)11-6-10(15)9(14)5-8(11)13/h5-6H,3-4,7,15H2,1-2H3. The van der Waals surface area contributed by atoms with Gasteiger partial charge in [0.2, 0.25) is 10.0 Å². The van der Waals surface area contributed by atoms with Gasteiger partial charge < -0.3 is 10.5 Å². The molecule has 0 bridgehead atoms. The van der Waals surface area contributed by atoms with Gasteiger partial charge >= 0.3 is 5.97 Å². The Hall–Kier alpha value is -1.19. The van der Waals surface area contributed by atoms with E-state index in [1.165, 1.54) is 0 Å². The quantitative estimate of drug-likeness (QED) is 0.597. The van der Waals surface area contributed by atoms with Gasteiger partial charge in [0.05, 0.1) is 17.2 Å². The van der Waals surface area contributed by atoms with Crippen LogP contribution in [0, 0.1) is 5.82 Å². The third-order valence-electron chi connectivity index (χ3n) is 2.63. The molecule has 0 unspecified atom stereocenters. The van der Waals surface area contributed by atoms with Crippen molar-refractivity contribution in [3.05, 3.63) is 22.4 Å². The van der Waals surface area contributed by atoms with Gasteiger partial charge in [-0.2, -0.15) is 4.31 Å². The molecule has 0 aromatic heterocycles. The Balaban J connectivity index is 3.19. The van der Waals surface area contributed by atoms with Crippen LogP contribution < -0.4 is 5.73 Å². The minimum atomic E-state index is -4.00. The summed E-state index contributed by atoms with van der Waals surface area (Å²) in [6.45, 7) is 3.00. The molecule has 0 radical (unpaired) electrons. The zero-order valence-corrected chi connectivity index (χ0v) is 14.0. The molecule has 1 rings (SSSR count). The number of rotatable bonds is 6. The van der Waals surface area contributed by atoms with Crippen LogP contribution in [0.5, 0.6) is 0 Å². The first-order valence-electron chi connectivity index (χ1n) is 6.14. The number of esters is 1. The lowest BCUT2D eigenvalue weighted by atomic mass is 10.3. The molecular weight excluding hydrogens is 367 g/mol. The Labute approximate surface area is 131 Å². The number of halogens is 2. The Morgan fingerprint density at radius 1 is 1.43 bits per heavy atom. The molecule has 0 fully saturated rings. The molecule has 0 saturated carbocycles. The molecule has 0 amide bonds. The number of benzene rings is 1. The van der Waals surface area contributed by atoms with Gasteiger partial charge in [0.1, 0.15) is 12.4 Å². The fraction of sp³-hybridized carbons (Fsp3) is 0.417. The number of likely N-dealkylation sites (N-methyl/N-ethyl adjacent to an activating group) is 1. The zero-order chi connectivity index (χ0) is 16.2. The largest absolute Gasteiger partial charge is 0.465 e. The molecule has 2 N–H and O–H groups in total. The van der Waals surface area contributed by atoms with E-state index in [4.69, 9.17) is 10.5 Å². The predicted octanol–water partition coefficient (Wildman–Crippen LogP) is 1.74. The maximum absolute atomic E-state index is 13.3. The van der Waals surface area contributed by atoms with E-state index in [0.717, 1.165) is 16.4 Å². The number of nitrogens with two attached hydrogens (primary N) is 1. The summed E-state index contributed by atoms with van der Waals surface area (Å²) in [5, 5.41) is 0. The fourth-order valence-electron chi connectivity index (χ4n) is 1.60. The van der Waals surface area contributed by atoms with Gasteiger partial charge in [-0.25, -0.2) is 12.8 Å². The number of hydrogen-bond acceptors (Lipinski definition) is 5. The predicted molar refractivity (Wildman–Crippen MR) is 79.6 cm³/mol. The number of carbonyl (C=O) groups excluding carboxylic acids is 1. The first kappa shape index (κ1) is 17.9. The van der Waals surface area contributed by atoms with Crippen molar-refractivity contribution in [1.82, 2.24) is 4.31 Å². The van der Waals surface area contributed by atoms with Crippen LogP contribution in [0.25, 0.3) is 0 Å². The molecule has 0 aliphatic carbocycles. The highest BCUT2D eigenvalue weighted by molar-refractivity contribution is 9.10. The van der Waals surface area contributed by atoms with Gasteiger partial charge in [0, 0.05) is 11.0 Å². The van der Waals surface area contributed by atoms with Crippen molar-refractivity contribution in [1.29, 1.82) is 0 Å². The summed E-state index contributed by atoms with van der Waals surface area (Å²) in [5.74, 6) is -1.39. The highest BCUT2D eigenvalue weighted by Gasteiger charge is 2.28. The third-order valence-corrected chi connectivity index (χ3v) is 5.51. The van der Waals surface area contributed by atoms with Crippen molar-refractivity contribution in [3.63, 3.8) is 0 Å². The molecule has 118 valence electrons. The van der Waals surface area contributed by atoms with E-state index < -0.39 is 28.4 Å². The van der Waals surface area contributed by atoms with E-state index in [1.54, 1.807) is 13.8 Å². The van der Waals surface area contributed by atoms with Crippen molar-refractivity contribution in [2.45, 2.75) is 18.7 Å². The highest BCUT2D eigenvalue weighted by Crippen LogP contribution is 2.29. The Morgan fingerprint density at radius 3 is 2.57 bits per heavy atom. The number of ether oxygens (including phenoxy) is 1. The summed E-state index contributed by atoms with van der Waals surface area (Å²) >= 11 is 2.99. The second-order valence-electron chi connectivity index (χ2n) is 4.04. The van der Waals surface area contributed by atoms with Crippen molar-refractivity contribution >= 4 is 37.6 Å². The Morgan fingerprint density at radius 2 is 2.05 bits per heavy atom. The summed E-state index contributed by atoms with van der Waals surface area (Å²) in [6.07, 6.45) is 0. The fourth-order valence-corrected chi connectivity index (χ4v) is 4.00. The molecule has 9 heteroatoms. The average Bonchev–Trinajstić information content (AvgIpc) is 2.40. The number of sulfonamides is 1. The molecule has 21 heavy (non-hydrogen) atoms. The highest BCUT2D eigenvalue weighted by atomic mass is 79.9. The van der Waals surface area contributed by atoms with Crippen LogP contribution in [0.1, 0.15) is 13.8 Å². The molecule has 1 aromatic rings. The van der Waals surface area contributed by atoms with E-state index >= 15 is 0 Å².